The molecular weight excluding hydrogens is 767 g/mol. The number of aromatic nitrogens is 1. The van der Waals surface area contributed by atoms with Gasteiger partial charge in [-0.2, -0.15) is 0 Å². The van der Waals surface area contributed by atoms with E-state index in [2.05, 4.69) is 141 Å². The first-order chi connectivity index (χ1) is 22.4. The van der Waals surface area contributed by atoms with E-state index in [0.717, 1.165) is 49.8 Å². The number of fused-ring (bicyclic) bond motifs is 6. The summed E-state index contributed by atoms with van der Waals surface area (Å²) < 4.78 is 0. The Morgan fingerprint density at radius 3 is 1.48 bits per heavy atom. The average Bonchev–Trinajstić information content (AvgIpc) is 3.13. The number of nitrogens with zero attached hydrogens (tertiary/aromatic N) is 1. The Hall–Kier alpha value is -2.62. The molecule has 0 bridgehead atoms. The van der Waals surface area contributed by atoms with Crippen LogP contribution < -0.4 is 0 Å². The Kier molecular flexibility index (Phi) is 14.0. The van der Waals surface area contributed by atoms with Crippen molar-refractivity contribution in [3.63, 3.8) is 0 Å². The van der Waals surface area contributed by atoms with Gasteiger partial charge >= 0.3 is 0 Å². The molecule has 0 aliphatic carbocycles. The van der Waals surface area contributed by atoms with Crippen LogP contribution in [0.5, 0.6) is 0 Å². The topological polar surface area (TPSA) is 53.4 Å². The van der Waals surface area contributed by atoms with Crippen LogP contribution in [0.25, 0.3) is 43.6 Å². The largest absolute Gasteiger partial charge is 0.392 e. The molecule has 4 aromatic carbocycles. The van der Waals surface area contributed by atoms with Crippen molar-refractivity contribution in [2.24, 2.45) is 10.8 Å². The standard InChI is InChI=1S/C29H26N.C15H32O2.Ir/c1-4-29(3,5-2)21-16-17-30-28(19-21)20-14-15-26-24-12-7-6-10-22(24)23-11-8-9-13-25(23)27(26)18-20;1-7-14(5,8-2)12(16)11-13(17)15(6,9-3)10-4;/h6-13,15-19H,4-5H2,1-3H3;12-13,16-17H,7-11H2,1-6H3;/q-1;;. The van der Waals surface area contributed by atoms with Gasteiger partial charge in [-0.15, -0.1) is 23.8 Å². The summed E-state index contributed by atoms with van der Waals surface area (Å²) in [6.45, 7) is 19.5. The van der Waals surface area contributed by atoms with E-state index in [0.29, 0.717) is 6.42 Å². The molecule has 0 amide bonds. The van der Waals surface area contributed by atoms with E-state index in [9.17, 15) is 10.2 Å². The molecule has 0 spiro atoms. The van der Waals surface area contributed by atoms with Gasteiger partial charge in [0.1, 0.15) is 0 Å². The van der Waals surface area contributed by atoms with E-state index >= 15 is 0 Å². The number of aliphatic hydroxyl groups is 2. The van der Waals surface area contributed by atoms with E-state index in [4.69, 9.17) is 4.98 Å². The summed E-state index contributed by atoms with van der Waals surface area (Å²) in [5.41, 5.74) is 3.46. The summed E-state index contributed by atoms with van der Waals surface area (Å²) in [7, 11) is 0. The van der Waals surface area contributed by atoms with Gasteiger partial charge < -0.3 is 15.2 Å². The van der Waals surface area contributed by atoms with Gasteiger partial charge in [0.25, 0.3) is 0 Å². The monoisotopic (exact) mass is 825 g/mol. The Bertz CT molecular complexity index is 1710. The van der Waals surface area contributed by atoms with Crippen LogP contribution >= 0.6 is 0 Å². The molecule has 0 fully saturated rings. The summed E-state index contributed by atoms with van der Waals surface area (Å²) in [5, 5.41) is 28.3. The zero-order valence-electron chi connectivity index (χ0n) is 30.8. The third kappa shape index (κ3) is 8.05. The van der Waals surface area contributed by atoms with E-state index < -0.39 is 12.2 Å². The first kappa shape index (κ1) is 39.8. The van der Waals surface area contributed by atoms with Gasteiger partial charge in [0, 0.05) is 32.7 Å². The van der Waals surface area contributed by atoms with Crippen LogP contribution in [0.1, 0.15) is 113 Å². The maximum absolute atomic E-state index is 10.3. The molecule has 1 aromatic heterocycles. The number of pyridine rings is 1. The van der Waals surface area contributed by atoms with E-state index in [-0.39, 0.29) is 36.4 Å². The molecule has 0 aliphatic heterocycles. The van der Waals surface area contributed by atoms with Crippen LogP contribution in [0.2, 0.25) is 0 Å². The normalized spacial score (nSPS) is 13.6. The minimum Gasteiger partial charge on any atom is -0.392 e. The van der Waals surface area contributed by atoms with Crippen molar-refractivity contribution >= 4 is 32.3 Å². The molecular formula is C44H58IrNO2-. The summed E-state index contributed by atoms with van der Waals surface area (Å²) in [4.78, 5) is 4.71. The Balaban J connectivity index is 0.000000301. The second-order valence-electron chi connectivity index (χ2n) is 14.5. The predicted molar refractivity (Wildman–Crippen MR) is 203 cm³/mol. The molecule has 3 nitrogen and oxygen atoms in total. The van der Waals surface area contributed by atoms with Crippen molar-refractivity contribution in [2.75, 3.05) is 0 Å². The minimum atomic E-state index is -0.412. The Labute approximate surface area is 303 Å². The minimum absolute atomic E-state index is 0. The molecule has 4 heteroatoms. The SMILES string of the molecule is CCC(C)(CC)C(O)CC(O)C(C)(CC)CC.CCC(C)(CC)c1ccnc(-c2[c-]cc3c4ccccc4c4ccccc4c3c2)c1.[Ir]. The third-order valence-electron chi connectivity index (χ3n) is 12.3. The molecule has 261 valence electrons. The Morgan fingerprint density at radius 1 is 0.604 bits per heavy atom. The fourth-order valence-corrected chi connectivity index (χ4v) is 6.83. The molecule has 5 rings (SSSR count). The smallest absolute Gasteiger partial charge is 0.0618 e. The molecule has 0 saturated heterocycles. The van der Waals surface area contributed by atoms with Crippen molar-refractivity contribution < 1.29 is 30.3 Å². The number of rotatable bonds is 12. The third-order valence-corrected chi connectivity index (χ3v) is 12.3. The summed E-state index contributed by atoms with van der Waals surface area (Å²) in [5.74, 6) is 0. The Morgan fingerprint density at radius 2 is 1.04 bits per heavy atom. The number of aliphatic hydroxyl groups excluding tert-OH is 2. The van der Waals surface area contributed by atoms with Crippen molar-refractivity contribution in [3.05, 3.63) is 90.6 Å². The molecule has 0 aliphatic rings. The van der Waals surface area contributed by atoms with E-state index in [1.807, 2.05) is 6.20 Å². The zero-order valence-corrected chi connectivity index (χ0v) is 33.2. The number of benzene rings is 4. The van der Waals surface area contributed by atoms with Crippen molar-refractivity contribution in [1.82, 2.24) is 4.98 Å². The molecule has 2 atom stereocenters. The fraction of sp³-hybridized carbons (Fsp3) is 0.477. The molecule has 2 N–H and O–H groups in total. The molecule has 1 radical (unpaired) electrons. The first-order valence-corrected chi connectivity index (χ1v) is 18.0. The van der Waals surface area contributed by atoms with Crippen LogP contribution in [-0.4, -0.2) is 27.4 Å². The van der Waals surface area contributed by atoms with Crippen LogP contribution in [0.15, 0.2) is 79.0 Å². The van der Waals surface area contributed by atoms with E-state index in [1.54, 1.807) is 0 Å². The summed E-state index contributed by atoms with van der Waals surface area (Å²) in [6.07, 6.45) is 7.66. The summed E-state index contributed by atoms with van der Waals surface area (Å²) in [6, 6.07) is 29.7. The quantitative estimate of drug-likeness (QED) is 0.0973. The maximum atomic E-state index is 10.3. The van der Waals surface area contributed by atoms with Crippen molar-refractivity contribution in [2.45, 2.75) is 125 Å². The van der Waals surface area contributed by atoms with Gasteiger partial charge in [-0.05, 0) is 88.3 Å². The second-order valence-corrected chi connectivity index (χ2v) is 14.5. The van der Waals surface area contributed by atoms with Gasteiger partial charge in [-0.25, -0.2) is 0 Å². The van der Waals surface area contributed by atoms with Gasteiger partial charge in [0.15, 0.2) is 0 Å². The van der Waals surface area contributed by atoms with Gasteiger partial charge in [0.2, 0.25) is 0 Å². The van der Waals surface area contributed by atoms with Crippen LogP contribution in [0, 0.1) is 16.9 Å². The molecule has 0 saturated carbocycles. The van der Waals surface area contributed by atoms with Crippen LogP contribution in [-0.2, 0) is 25.5 Å². The second kappa shape index (κ2) is 16.9. The zero-order chi connectivity index (χ0) is 34.4. The van der Waals surface area contributed by atoms with Crippen LogP contribution in [0.3, 0.4) is 0 Å². The van der Waals surface area contributed by atoms with Crippen LogP contribution in [0.4, 0.5) is 0 Å². The molecule has 48 heavy (non-hydrogen) atoms. The average molecular weight is 825 g/mol. The van der Waals surface area contributed by atoms with E-state index in [1.165, 1.54) is 37.9 Å². The van der Waals surface area contributed by atoms with Gasteiger partial charge in [-0.3, -0.25) is 0 Å². The summed E-state index contributed by atoms with van der Waals surface area (Å²) >= 11 is 0. The van der Waals surface area contributed by atoms with Crippen molar-refractivity contribution in [1.29, 1.82) is 0 Å². The number of hydrogen-bond acceptors (Lipinski definition) is 3. The fourth-order valence-electron chi connectivity index (χ4n) is 6.83. The molecule has 5 aromatic rings. The maximum Gasteiger partial charge on any atom is 0.0618 e. The predicted octanol–water partition coefficient (Wildman–Crippen LogP) is 11.8. The molecule has 1 heterocycles. The van der Waals surface area contributed by atoms with Gasteiger partial charge in [0.05, 0.1) is 12.2 Å². The first-order valence-electron chi connectivity index (χ1n) is 18.0. The van der Waals surface area contributed by atoms with Crippen molar-refractivity contribution in [3.8, 4) is 11.3 Å². The molecule has 2 unspecified atom stereocenters. The number of hydrogen-bond donors (Lipinski definition) is 2. The van der Waals surface area contributed by atoms with Gasteiger partial charge in [-0.1, -0.05) is 133 Å².